The lowest BCUT2D eigenvalue weighted by atomic mass is 10.1. The molecule has 5 nitrogen and oxygen atoms in total. The molecule has 3 rings (SSSR count). The lowest BCUT2D eigenvalue weighted by molar-refractivity contribution is 0.313. The van der Waals surface area contributed by atoms with E-state index < -0.39 is 0 Å². The van der Waals surface area contributed by atoms with Gasteiger partial charge in [0.1, 0.15) is 0 Å². The third-order valence-electron chi connectivity index (χ3n) is 3.83. The molecule has 2 aromatic rings. The first kappa shape index (κ1) is 12.2. The highest BCUT2D eigenvalue weighted by atomic mass is 16.1. The van der Waals surface area contributed by atoms with Crippen LogP contribution in [0, 0.1) is 6.92 Å². The number of hydrogen-bond acceptors (Lipinski definition) is 4. The first-order valence-electron chi connectivity index (χ1n) is 6.58. The van der Waals surface area contributed by atoms with E-state index in [4.69, 9.17) is 0 Å². The van der Waals surface area contributed by atoms with E-state index in [2.05, 4.69) is 33.1 Å². The van der Waals surface area contributed by atoms with E-state index in [1.54, 1.807) is 0 Å². The van der Waals surface area contributed by atoms with Crippen LogP contribution in [0.15, 0.2) is 23.0 Å². The number of hydrogen-bond donors (Lipinski definition) is 1. The third kappa shape index (κ3) is 2.21. The molecule has 2 heterocycles. The van der Waals surface area contributed by atoms with Crippen molar-refractivity contribution in [3.63, 3.8) is 0 Å². The van der Waals surface area contributed by atoms with Crippen molar-refractivity contribution in [3.8, 4) is 0 Å². The van der Waals surface area contributed by atoms with E-state index in [-0.39, 0.29) is 5.56 Å². The van der Waals surface area contributed by atoms with Crippen LogP contribution in [0.3, 0.4) is 0 Å². The molecule has 19 heavy (non-hydrogen) atoms. The molecule has 0 radical (unpaired) electrons. The van der Waals surface area contributed by atoms with Crippen molar-refractivity contribution >= 4 is 16.5 Å². The van der Waals surface area contributed by atoms with E-state index in [9.17, 15) is 4.79 Å². The zero-order valence-corrected chi connectivity index (χ0v) is 11.3. The van der Waals surface area contributed by atoms with Crippen LogP contribution in [-0.2, 0) is 0 Å². The topological polar surface area (TPSA) is 52.2 Å². The molecule has 0 saturated carbocycles. The fourth-order valence-electron chi connectivity index (χ4n) is 2.55. The molecular formula is C14H18N4O. The minimum absolute atomic E-state index is 0.114. The SMILES string of the molecule is Cc1n[nH]c(=O)c2cc(N3CCN(C)CC3)ccc12. The van der Waals surface area contributed by atoms with Gasteiger partial charge in [0.25, 0.3) is 5.56 Å². The number of aryl methyl sites for hydroxylation is 1. The maximum absolute atomic E-state index is 11.9. The fraction of sp³-hybridized carbons (Fsp3) is 0.429. The molecular weight excluding hydrogens is 240 g/mol. The summed E-state index contributed by atoms with van der Waals surface area (Å²) in [6.07, 6.45) is 0. The summed E-state index contributed by atoms with van der Waals surface area (Å²) in [4.78, 5) is 16.5. The number of benzene rings is 1. The summed E-state index contributed by atoms with van der Waals surface area (Å²) >= 11 is 0. The van der Waals surface area contributed by atoms with Crippen LogP contribution in [0.5, 0.6) is 0 Å². The van der Waals surface area contributed by atoms with Gasteiger partial charge in [-0.2, -0.15) is 5.10 Å². The molecule has 1 aromatic heterocycles. The Morgan fingerprint density at radius 3 is 2.63 bits per heavy atom. The molecule has 0 atom stereocenters. The third-order valence-corrected chi connectivity index (χ3v) is 3.83. The van der Waals surface area contributed by atoms with Crippen LogP contribution in [0.25, 0.3) is 10.8 Å². The minimum atomic E-state index is -0.114. The summed E-state index contributed by atoms with van der Waals surface area (Å²) in [6, 6.07) is 6.07. The summed E-state index contributed by atoms with van der Waals surface area (Å²) < 4.78 is 0. The number of nitrogens with one attached hydrogen (secondary N) is 1. The maximum Gasteiger partial charge on any atom is 0.272 e. The maximum atomic E-state index is 11.9. The van der Waals surface area contributed by atoms with Crippen LogP contribution >= 0.6 is 0 Å². The quantitative estimate of drug-likeness (QED) is 0.828. The van der Waals surface area contributed by atoms with Gasteiger partial charge in [0.15, 0.2) is 0 Å². The van der Waals surface area contributed by atoms with Crippen molar-refractivity contribution in [2.24, 2.45) is 0 Å². The average molecular weight is 258 g/mol. The van der Waals surface area contributed by atoms with Crippen LogP contribution < -0.4 is 10.5 Å². The number of rotatable bonds is 1. The predicted octanol–water partition coefficient (Wildman–Crippen LogP) is 0.983. The van der Waals surface area contributed by atoms with Gasteiger partial charge in [0.05, 0.1) is 11.1 Å². The minimum Gasteiger partial charge on any atom is -0.369 e. The molecule has 1 fully saturated rings. The molecule has 1 aliphatic rings. The second kappa shape index (κ2) is 4.66. The highest BCUT2D eigenvalue weighted by Crippen LogP contribution is 2.21. The first-order chi connectivity index (χ1) is 9.15. The van der Waals surface area contributed by atoms with E-state index in [0.717, 1.165) is 48.3 Å². The van der Waals surface area contributed by atoms with Gasteiger partial charge in [-0.05, 0) is 26.1 Å². The second-order valence-electron chi connectivity index (χ2n) is 5.16. The van der Waals surface area contributed by atoms with Crippen LogP contribution in [0.4, 0.5) is 5.69 Å². The largest absolute Gasteiger partial charge is 0.369 e. The Morgan fingerprint density at radius 2 is 1.89 bits per heavy atom. The number of anilines is 1. The Labute approximate surface area is 111 Å². The van der Waals surface area contributed by atoms with Gasteiger partial charge in [-0.25, -0.2) is 5.10 Å². The first-order valence-corrected chi connectivity index (χ1v) is 6.58. The van der Waals surface area contributed by atoms with Gasteiger partial charge in [-0.1, -0.05) is 6.07 Å². The molecule has 0 bridgehead atoms. The molecule has 5 heteroatoms. The lowest BCUT2D eigenvalue weighted by Gasteiger charge is -2.34. The zero-order valence-electron chi connectivity index (χ0n) is 11.3. The van der Waals surface area contributed by atoms with Crippen molar-refractivity contribution in [1.29, 1.82) is 0 Å². The Kier molecular flexibility index (Phi) is 2.98. The van der Waals surface area contributed by atoms with E-state index in [1.165, 1.54) is 0 Å². The highest BCUT2D eigenvalue weighted by Gasteiger charge is 2.15. The summed E-state index contributed by atoms with van der Waals surface area (Å²) in [7, 11) is 2.14. The zero-order chi connectivity index (χ0) is 13.4. The monoisotopic (exact) mass is 258 g/mol. The molecule has 1 saturated heterocycles. The van der Waals surface area contributed by atoms with Gasteiger partial charge in [0, 0.05) is 37.3 Å². The average Bonchev–Trinajstić information content (AvgIpc) is 2.43. The molecule has 1 aliphatic heterocycles. The molecule has 0 amide bonds. The number of likely N-dealkylation sites (N-methyl/N-ethyl adjacent to an activating group) is 1. The van der Waals surface area contributed by atoms with Crippen molar-refractivity contribution in [2.45, 2.75) is 6.92 Å². The smallest absolute Gasteiger partial charge is 0.272 e. The number of piperazine rings is 1. The summed E-state index contributed by atoms with van der Waals surface area (Å²) in [5.74, 6) is 0. The number of nitrogens with zero attached hydrogens (tertiary/aromatic N) is 3. The summed E-state index contributed by atoms with van der Waals surface area (Å²) in [5.41, 5.74) is 1.87. The summed E-state index contributed by atoms with van der Waals surface area (Å²) in [6.45, 7) is 6.04. The van der Waals surface area contributed by atoms with Crippen molar-refractivity contribution in [2.75, 3.05) is 38.1 Å². The normalized spacial score (nSPS) is 17.1. The number of fused-ring (bicyclic) bond motifs is 1. The molecule has 100 valence electrons. The predicted molar refractivity (Wildman–Crippen MR) is 76.8 cm³/mol. The van der Waals surface area contributed by atoms with Crippen LogP contribution in [0.1, 0.15) is 5.69 Å². The number of H-pyrrole nitrogens is 1. The van der Waals surface area contributed by atoms with Gasteiger partial charge in [0.2, 0.25) is 0 Å². The van der Waals surface area contributed by atoms with Gasteiger partial charge < -0.3 is 9.80 Å². The van der Waals surface area contributed by atoms with Gasteiger partial charge in [-0.15, -0.1) is 0 Å². The van der Waals surface area contributed by atoms with Crippen LogP contribution in [0.2, 0.25) is 0 Å². The molecule has 1 N–H and O–H groups in total. The molecule has 1 aromatic carbocycles. The molecule has 0 aliphatic carbocycles. The Morgan fingerprint density at radius 1 is 1.16 bits per heavy atom. The van der Waals surface area contributed by atoms with Crippen molar-refractivity contribution in [3.05, 3.63) is 34.2 Å². The second-order valence-corrected chi connectivity index (χ2v) is 5.16. The van der Waals surface area contributed by atoms with Gasteiger partial charge in [-0.3, -0.25) is 4.79 Å². The number of aromatic nitrogens is 2. The Bertz CT molecular complexity index is 656. The van der Waals surface area contributed by atoms with Crippen LogP contribution in [-0.4, -0.2) is 48.3 Å². The Hall–Kier alpha value is -1.88. The summed E-state index contributed by atoms with van der Waals surface area (Å²) in [5, 5.41) is 8.21. The van der Waals surface area contributed by atoms with Crippen molar-refractivity contribution in [1.82, 2.24) is 15.1 Å². The van der Waals surface area contributed by atoms with E-state index in [1.807, 2.05) is 19.1 Å². The van der Waals surface area contributed by atoms with E-state index >= 15 is 0 Å². The lowest BCUT2D eigenvalue weighted by Crippen LogP contribution is -2.44. The molecule has 0 spiro atoms. The van der Waals surface area contributed by atoms with E-state index in [0.29, 0.717) is 0 Å². The standard InChI is InChI=1S/C14H18N4O/c1-10-12-4-3-11(9-13(12)14(19)16-15-10)18-7-5-17(2)6-8-18/h3-4,9H,5-8H2,1-2H3,(H,16,19). The van der Waals surface area contributed by atoms with Gasteiger partial charge >= 0.3 is 0 Å². The number of aromatic amines is 1. The highest BCUT2D eigenvalue weighted by molar-refractivity contribution is 5.86. The fourth-order valence-corrected chi connectivity index (χ4v) is 2.55. The van der Waals surface area contributed by atoms with Crippen molar-refractivity contribution < 1.29 is 0 Å². The Balaban J connectivity index is 2.02. The molecule has 0 unspecified atom stereocenters.